The first-order chi connectivity index (χ1) is 12.4. The fourth-order valence-corrected chi connectivity index (χ4v) is 3.30. The average Bonchev–Trinajstić information content (AvgIpc) is 3.00. The van der Waals surface area contributed by atoms with Crippen LogP contribution in [0.1, 0.15) is 28.8 Å². The van der Waals surface area contributed by atoms with Crippen molar-refractivity contribution in [1.29, 1.82) is 0 Å². The second-order valence-electron chi connectivity index (χ2n) is 6.34. The second kappa shape index (κ2) is 8.11. The van der Waals surface area contributed by atoms with Crippen molar-refractivity contribution >= 4 is 40.5 Å². The zero-order valence-electron chi connectivity index (χ0n) is 14.8. The van der Waals surface area contributed by atoms with Gasteiger partial charge in [-0.05, 0) is 49.2 Å². The largest absolute Gasteiger partial charge is 0.485 e. The Bertz CT molecular complexity index is 865. The lowest BCUT2D eigenvalue weighted by Crippen LogP contribution is -2.18. The number of rotatable bonds is 5. The van der Waals surface area contributed by atoms with E-state index in [9.17, 15) is 4.79 Å². The standard InChI is InChI=1S/C20H20Cl2N2O2/c1-13-9-18(23-20-7-4-8-24(20)2)17(22)11-16(13)19(25)12-26-15-6-3-5-14(21)10-15/h3,5-6,9-11H,4,7-8,12H2,1-2H3/b23-20+. The smallest absolute Gasteiger partial charge is 0.200 e. The van der Waals surface area contributed by atoms with Crippen LogP contribution in [0.2, 0.25) is 10.0 Å². The van der Waals surface area contributed by atoms with E-state index in [1.165, 1.54) is 0 Å². The summed E-state index contributed by atoms with van der Waals surface area (Å²) in [5, 5.41) is 1.03. The molecular weight excluding hydrogens is 371 g/mol. The molecule has 0 spiro atoms. The molecule has 0 atom stereocenters. The van der Waals surface area contributed by atoms with Gasteiger partial charge in [-0.2, -0.15) is 0 Å². The molecule has 1 saturated heterocycles. The predicted octanol–water partition coefficient (Wildman–Crippen LogP) is 5.32. The summed E-state index contributed by atoms with van der Waals surface area (Å²) in [4.78, 5) is 19.3. The average molecular weight is 391 g/mol. The Labute approximate surface area is 163 Å². The molecule has 1 fully saturated rings. The van der Waals surface area contributed by atoms with Gasteiger partial charge >= 0.3 is 0 Å². The normalized spacial score (nSPS) is 15.5. The van der Waals surface area contributed by atoms with Gasteiger partial charge in [-0.1, -0.05) is 29.3 Å². The van der Waals surface area contributed by atoms with Crippen molar-refractivity contribution in [1.82, 2.24) is 4.90 Å². The van der Waals surface area contributed by atoms with Crippen LogP contribution in [0.15, 0.2) is 41.4 Å². The van der Waals surface area contributed by atoms with Gasteiger partial charge in [0.05, 0.1) is 10.7 Å². The number of carbonyl (C=O) groups is 1. The summed E-state index contributed by atoms with van der Waals surface area (Å²) in [6.07, 6.45) is 2.05. The third-order valence-electron chi connectivity index (χ3n) is 4.34. The van der Waals surface area contributed by atoms with E-state index in [-0.39, 0.29) is 12.4 Å². The SMILES string of the molecule is Cc1cc(/N=C2\CCCN2C)c(Cl)cc1C(=O)COc1cccc(Cl)c1. The maximum Gasteiger partial charge on any atom is 0.200 e. The van der Waals surface area contributed by atoms with E-state index in [4.69, 9.17) is 27.9 Å². The van der Waals surface area contributed by atoms with E-state index >= 15 is 0 Å². The molecule has 0 saturated carbocycles. The molecule has 0 unspecified atom stereocenters. The molecule has 4 nitrogen and oxygen atoms in total. The quantitative estimate of drug-likeness (QED) is 0.648. The summed E-state index contributed by atoms with van der Waals surface area (Å²) < 4.78 is 5.54. The van der Waals surface area contributed by atoms with Gasteiger partial charge in [0.15, 0.2) is 6.61 Å². The molecule has 0 N–H and O–H groups in total. The van der Waals surface area contributed by atoms with Crippen LogP contribution in [0, 0.1) is 6.92 Å². The molecule has 0 amide bonds. The maximum absolute atomic E-state index is 12.5. The van der Waals surface area contributed by atoms with Gasteiger partial charge < -0.3 is 9.64 Å². The summed E-state index contributed by atoms with van der Waals surface area (Å²) in [5.74, 6) is 1.44. The van der Waals surface area contributed by atoms with Crippen molar-refractivity contribution in [2.24, 2.45) is 4.99 Å². The number of benzene rings is 2. The lowest BCUT2D eigenvalue weighted by molar-refractivity contribution is 0.0921. The fourth-order valence-electron chi connectivity index (χ4n) is 2.91. The van der Waals surface area contributed by atoms with Gasteiger partial charge in [0.1, 0.15) is 11.6 Å². The monoisotopic (exact) mass is 390 g/mol. The Morgan fingerprint density at radius 3 is 2.77 bits per heavy atom. The number of hydrogen-bond acceptors (Lipinski definition) is 3. The van der Waals surface area contributed by atoms with Crippen LogP contribution in [0.25, 0.3) is 0 Å². The number of halogens is 2. The number of hydrogen-bond donors (Lipinski definition) is 0. The molecular formula is C20H20Cl2N2O2. The zero-order chi connectivity index (χ0) is 18.7. The van der Waals surface area contributed by atoms with Gasteiger partial charge in [-0.3, -0.25) is 4.79 Å². The number of carbonyl (C=O) groups excluding carboxylic acids is 1. The van der Waals surface area contributed by atoms with Crippen molar-refractivity contribution < 1.29 is 9.53 Å². The summed E-state index contributed by atoms with van der Waals surface area (Å²) in [5.41, 5.74) is 2.06. The van der Waals surface area contributed by atoms with E-state index in [1.807, 2.05) is 20.0 Å². The van der Waals surface area contributed by atoms with E-state index in [2.05, 4.69) is 9.89 Å². The third-order valence-corrected chi connectivity index (χ3v) is 4.88. The molecule has 1 heterocycles. The molecule has 1 aliphatic rings. The van der Waals surface area contributed by atoms with E-state index in [0.29, 0.717) is 27.0 Å². The molecule has 0 aliphatic carbocycles. The number of likely N-dealkylation sites (tertiary alicyclic amines) is 1. The highest BCUT2D eigenvalue weighted by molar-refractivity contribution is 6.33. The lowest BCUT2D eigenvalue weighted by atomic mass is 10.0. The molecule has 2 aromatic rings. The number of ketones is 1. The molecule has 3 rings (SSSR count). The Hall–Kier alpha value is -2.04. The molecule has 2 aromatic carbocycles. The minimum Gasteiger partial charge on any atom is -0.485 e. The Morgan fingerprint density at radius 1 is 1.27 bits per heavy atom. The zero-order valence-corrected chi connectivity index (χ0v) is 16.3. The summed E-state index contributed by atoms with van der Waals surface area (Å²) in [6, 6.07) is 10.5. The molecule has 1 aliphatic heterocycles. The third kappa shape index (κ3) is 4.37. The summed E-state index contributed by atoms with van der Waals surface area (Å²) in [7, 11) is 2.03. The Kier molecular flexibility index (Phi) is 5.84. The lowest BCUT2D eigenvalue weighted by Gasteiger charge is -2.13. The molecule has 0 aromatic heterocycles. The highest BCUT2D eigenvalue weighted by Crippen LogP contribution is 2.30. The number of ether oxygens (including phenoxy) is 1. The van der Waals surface area contributed by atoms with Crippen molar-refractivity contribution in [3.8, 4) is 5.75 Å². The van der Waals surface area contributed by atoms with Crippen LogP contribution in [0.3, 0.4) is 0 Å². The van der Waals surface area contributed by atoms with Crippen LogP contribution in [-0.4, -0.2) is 36.7 Å². The topological polar surface area (TPSA) is 41.9 Å². The minimum atomic E-state index is -0.137. The fraction of sp³-hybridized carbons (Fsp3) is 0.300. The highest BCUT2D eigenvalue weighted by atomic mass is 35.5. The van der Waals surface area contributed by atoms with Crippen LogP contribution in [-0.2, 0) is 0 Å². The number of Topliss-reactive ketones (excluding diaryl/α,β-unsaturated/α-hetero) is 1. The molecule has 0 bridgehead atoms. The second-order valence-corrected chi connectivity index (χ2v) is 7.18. The highest BCUT2D eigenvalue weighted by Gasteiger charge is 2.17. The van der Waals surface area contributed by atoms with E-state index in [1.54, 1.807) is 30.3 Å². The Morgan fingerprint density at radius 2 is 2.08 bits per heavy atom. The van der Waals surface area contributed by atoms with Gasteiger partial charge in [-0.15, -0.1) is 0 Å². The van der Waals surface area contributed by atoms with Crippen LogP contribution < -0.4 is 4.74 Å². The molecule has 26 heavy (non-hydrogen) atoms. The Balaban J connectivity index is 1.76. The molecule has 0 radical (unpaired) electrons. The summed E-state index contributed by atoms with van der Waals surface area (Å²) >= 11 is 12.3. The number of aryl methyl sites for hydroxylation is 1. The van der Waals surface area contributed by atoms with Crippen LogP contribution >= 0.6 is 23.2 Å². The van der Waals surface area contributed by atoms with Gasteiger partial charge in [0.2, 0.25) is 5.78 Å². The molecule has 136 valence electrons. The van der Waals surface area contributed by atoms with E-state index in [0.717, 1.165) is 30.8 Å². The van der Waals surface area contributed by atoms with Crippen molar-refractivity contribution in [2.75, 3.05) is 20.2 Å². The van der Waals surface area contributed by atoms with Crippen LogP contribution in [0.5, 0.6) is 5.75 Å². The first-order valence-corrected chi connectivity index (χ1v) is 9.20. The van der Waals surface area contributed by atoms with Crippen LogP contribution in [0.4, 0.5) is 5.69 Å². The summed E-state index contributed by atoms with van der Waals surface area (Å²) in [6.45, 7) is 2.81. The number of nitrogens with zero attached hydrogens (tertiary/aromatic N) is 2. The van der Waals surface area contributed by atoms with Crippen molar-refractivity contribution in [3.05, 3.63) is 57.6 Å². The first-order valence-electron chi connectivity index (χ1n) is 8.44. The van der Waals surface area contributed by atoms with Gasteiger partial charge in [0.25, 0.3) is 0 Å². The number of aliphatic imine (C=N–C) groups is 1. The minimum absolute atomic E-state index is 0.0753. The van der Waals surface area contributed by atoms with Gasteiger partial charge in [-0.25, -0.2) is 4.99 Å². The van der Waals surface area contributed by atoms with Crippen molar-refractivity contribution in [3.63, 3.8) is 0 Å². The molecule has 6 heteroatoms. The van der Waals surface area contributed by atoms with Gasteiger partial charge in [0, 0.05) is 30.6 Å². The predicted molar refractivity (Wildman–Crippen MR) is 106 cm³/mol. The van der Waals surface area contributed by atoms with E-state index < -0.39 is 0 Å². The van der Waals surface area contributed by atoms with Crippen molar-refractivity contribution in [2.45, 2.75) is 19.8 Å². The maximum atomic E-state index is 12.5. The number of amidine groups is 1. The first kappa shape index (κ1) is 18.7.